The van der Waals surface area contributed by atoms with Crippen molar-refractivity contribution in [3.05, 3.63) is 119 Å². The molecule has 0 fully saturated rings. The van der Waals surface area contributed by atoms with Gasteiger partial charge in [-0.15, -0.1) is 0 Å². The van der Waals surface area contributed by atoms with Crippen LogP contribution in [0.1, 0.15) is 35.6 Å². The number of carbonyl (C=O) groups excluding carboxylic acids is 2. The molecule has 1 atom stereocenters. The summed E-state index contributed by atoms with van der Waals surface area (Å²) < 4.78 is 54.5. The first kappa shape index (κ1) is 35.9. The van der Waals surface area contributed by atoms with Gasteiger partial charge in [0.1, 0.15) is 18.4 Å². The highest BCUT2D eigenvalue weighted by Gasteiger charge is 2.35. The van der Waals surface area contributed by atoms with Crippen molar-refractivity contribution in [2.75, 3.05) is 31.6 Å². The maximum Gasteiger partial charge on any atom is 0.264 e. The molecule has 2 amide bonds. The van der Waals surface area contributed by atoms with Gasteiger partial charge in [-0.05, 0) is 78.9 Å². The first-order valence-corrected chi connectivity index (χ1v) is 17.1. The number of halogens is 1. The molecule has 0 unspecified atom stereocenters. The van der Waals surface area contributed by atoms with Crippen LogP contribution >= 0.6 is 0 Å². The number of carbonyl (C=O) groups is 2. The van der Waals surface area contributed by atoms with E-state index in [-0.39, 0.29) is 35.2 Å². The third-order valence-corrected chi connectivity index (χ3v) is 9.57. The summed E-state index contributed by atoms with van der Waals surface area (Å²) >= 11 is 0. The SMILES string of the molecule is CCCNC(=O)[C@H](Cc1ccccc1)N(Cc1ccc(F)cc1)C(=O)CN(c1cc(C)cc(C)c1)S(=O)(=O)c1ccc(OC)c(OC)c1. The van der Waals surface area contributed by atoms with E-state index in [1.807, 2.05) is 57.2 Å². The minimum absolute atomic E-state index is 0.0623. The van der Waals surface area contributed by atoms with Gasteiger partial charge in [-0.3, -0.25) is 13.9 Å². The van der Waals surface area contributed by atoms with Crippen molar-refractivity contribution in [2.45, 2.75) is 51.1 Å². The number of aryl methyl sites for hydroxylation is 2. The third-order valence-electron chi connectivity index (χ3n) is 7.80. The second-order valence-corrected chi connectivity index (χ2v) is 13.4. The van der Waals surface area contributed by atoms with Crippen LogP contribution in [0.5, 0.6) is 11.5 Å². The average Bonchev–Trinajstić information content (AvgIpc) is 3.07. The van der Waals surface area contributed by atoms with Crippen molar-refractivity contribution >= 4 is 27.5 Å². The second-order valence-electron chi connectivity index (χ2n) is 11.5. The number of hydrogen-bond donors (Lipinski definition) is 1. The van der Waals surface area contributed by atoms with Gasteiger partial charge in [-0.25, -0.2) is 12.8 Å². The molecule has 0 aliphatic carbocycles. The Labute approximate surface area is 282 Å². The van der Waals surface area contributed by atoms with Crippen LogP contribution in [0.25, 0.3) is 0 Å². The van der Waals surface area contributed by atoms with E-state index in [1.54, 1.807) is 24.3 Å². The van der Waals surface area contributed by atoms with Crippen LogP contribution in [0.3, 0.4) is 0 Å². The number of nitrogens with zero attached hydrogens (tertiary/aromatic N) is 2. The number of rotatable bonds is 15. The van der Waals surface area contributed by atoms with E-state index in [0.29, 0.717) is 24.3 Å². The number of amides is 2. The van der Waals surface area contributed by atoms with Crippen LogP contribution in [0, 0.1) is 19.7 Å². The van der Waals surface area contributed by atoms with Crippen molar-refractivity contribution in [3.8, 4) is 11.5 Å². The molecule has 0 aliphatic rings. The molecule has 0 heterocycles. The predicted octanol–water partition coefficient (Wildman–Crippen LogP) is 5.82. The summed E-state index contributed by atoms with van der Waals surface area (Å²) in [5.41, 5.74) is 3.28. The van der Waals surface area contributed by atoms with Gasteiger partial charge in [0, 0.05) is 25.6 Å². The molecule has 254 valence electrons. The molecule has 48 heavy (non-hydrogen) atoms. The summed E-state index contributed by atoms with van der Waals surface area (Å²) in [7, 11) is -1.52. The maximum atomic E-state index is 14.6. The monoisotopic (exact) mass is 675 g/mol. The Hall–Kier alpha value is -4.90. The van der Waals surface area contributed by atoms with E-state index in [0.717, 1.165) is 21.0 Å². The van der Waals surface area contributed by atoms with Crippen LogP contribution in [0.2, 0.25) is 0 Å². The molecule has 11 heteroatoms. The normalized spacial score (nSPS) is 11.8. The molecule has 0 spiro atoms. The lowest BCUT2D eigenvalue weighted by Gasteiger charge is -2.34. The predicted molar refractivity (Wildman–Crippen MR) is 184 cm³/mol. The summed E-state index contributed by atoms with van der Waals surface area (Å²) in [5, 5.41) is 2.91. The van der Waals surface area contributed by atoms with Crippen molar-refractivity contribution in [1.29, 1.82) is 0 Å². The Kier molecular flexibility index (Phi) is 12.2. The Balaban J connectivity index is 1.84. The number of hydrogen-bond acceptors (Lipinski definition) is 6. The zero-order chi connectivity index (χ0) is 34.8. The smallest absolute Gasteiger partial charge is 0.264 e. The summed E-state index contributed by atoms with van der Waals surface area (Å²) in [6.45, 7) is 5.32. The van der Waals surface area contributed by atoms with Gasteiger partial charge in [0.15, 0.2) is 11.5 Å². The lowest BCUT2D eigenvalue weighted by Crippen LogP contribution is -2.53. The fourth-order valence-corrected chi connectivity index (χ4v) is 6.85. The van der Waals surface area contributed by atoms with Crippen molar-refractivity contribution < 1.29 is 31.9 Å². The van der Waals surface area contributed by atoms with Crippen LogP contribution in [-0.2, 0) is 32.6 Å². The third kappa shape index (κ3) is 8.92. The zero-order valence-electron chi connectivity index (χ0n) is 27.9. The highest BCUT2D eigenvalue weighted by molar-refractivity contribution is 7.92. The molecule has 9 nitrogen and oxygen atoms in total. The Bertz CT molecular complexity index is 1800. The van der Waals surface area contributed by atoms with Gasteiger partial charge in [0.25, 0.3) is 10.0 Å². The van der Waals surface area contributed by atoms with Gasteiger partial charge in [0.05, 0.1) is 24.8 Å². The van der Waals surface area contributed by atoms with E-state index in [4.69, 9.17) is 9.47 Å². The Morgan fingerprint density at radius 1 is 0.833 bits per heavy atom. The van der Waals surface area contributed by atoms with Crippen LogP contribution < -0.4 is 19.1 Å². The first-order chi connectivity index (χ1) is 23.0. The number of methoxy groups -OCH3 is 2. The molecular formula is C37H42FN3O6S. The number of nitrogens with one attached hydrogen (secondary N) is 1. The summed E-state index contributed by atoms with van der Waals surface area (Å²) in [6.07, 6.45) is 0.856. The lowest BCUT2D eigenvalue weighted by atomic mass is 10.0. The largest absolute Gasteiger partial charge is 0.493 e. The van der Waals surface area contributed by atoms with E-state index in [9.17, 15) is 22.4 Å². The molecule has 1 N–H and O–H groups in total. The molecule has 4 rings (SSSR count). The molecule has 0 aromatic heterocycles. The van der Waals surface area contributed by atoms with E-state index < -0.39 is 34.3 Å². The number of sulfonamides is 1. The zero-order valence-corrected chi connectivity index (χ0v) is 28.7. The van der Waals surface area contributed by atoms with Gasteiger partial charge < -0.3 is 19.7 Å². The first-order valence-electron chi connectivity index (χ1n) is 15.7. The van der Waals surface area contributed by atoms with Crippen molar-refractivity contribution in [1.82, 2.24) is 10.2 Å². The maximum absolute atomic E-state index is 14.6. The quantitative estimate of drug-likeness (QED) is 0.170. The highest BCUT2D eigenvalue weighted by Crippen LogP contribution is 2.33. The van der Waals surface area contributed by atoms with Gasteiger partial charge in [0.2, 0.25) is 11.8 Å². The number of anilines is 1. The molecule has 0 aliphatic heterocycles. The molecule has 4 aromatic carbocycles. The Morgan fingerprint density at radius 2 is 1.48 bits per heavy atom. The second kappa shape index (κ2) is 16.3. The van der Waals surface area contributed by atoms with Crippen molar-refractivity contribution in [2.24, 2.45) is 0 Å². The van der Waals surface area contributed by atoms with Crippen molar-refractivity contribution in [3.63, 3.8) is 0 Å². The van der Waals surface area contributed by atoms with Gasteiger partial charge >= 0.3 is 0 Å². The standard InChI is InChI=1S/C37H42FN3O6S/c1-6-18-39-37(43)33(22-28-10-8-7-9-11-28)40(24-29-12-14-30(38)15-13-29)36(42)25-41(31-20-26(2)19-27(3)21-31)48(44,45)32-16-17-34(46-4)35(23-32)47-5/h7-17,19-21,23,33H,6,18,22,24-25H2,1-5H3,(H,39,43)/t33-/m0/s1. The van der Waals surface area contributed by atoms with Gasteiger partial charge in [-0.2, -0.15) is 0 Å². The topological polar surface area (TPSA) is 105 Å². The molecule has 0 bridgehead atoms. The van der Waals surface area contributed by atoms with E-state index >= 15 is 0 Å². The number of benzene rings is 4. The van der Waals surface area contributed by atoms with Gasteiger partial charge in [-0.1, -0.05) is 55.5 Å². The molecule has 0 saturated heterocycles. The summed E-state index contributed by atoms with van der Waals surface area (Å²) in [5.74, 6) is -0.885. The fraction of sp³-hybridized carbons (Fsp3) is 0.297. The van der Waals surface area contributed by atoms with Crippen LogP contribution in [0.15, 0.2) is 95.9 Å². The van der Waals surface area contributed by atoms with E-state index in [1.165, 1.54) is 49.5 Å². The van der Waals surface area contributed by atoms with Crippen LogP contribution in [-0.4, -0.2) is 58.5 Å². The van der Waals surface area contributed by atoms with E-state index in [2.05, 4.69) is 5.32 Å². The lowest BCUT2D eigenvalue weighted by molar-refractivity contribution is -0.140. The minimum Gasteiger partial charge on any atom is -0.493 e. The minimum atomic E-state index is -4.37. The summed E-state index contributed by atoms with van der Waals surface area (Å²) in [6, 6.07) is 23.5. The molecule has 0 saturated carbocycles. The number of ether oxygens (including phenoxy) is 2. The molecule has 4 aromatic rings. The Morgan fingerprint density at radius 3 is 2.08 bits per heavy atom. The average molecular weight is 676 g/mol. The molecule has 0 radical (unpaired) electrons. The fourth-order valence-electron chi connectivity index (χ4n) is 5.43. The van der Waals surface area contributed by atoms with Crippen LogP contribution in [0.4, 0.5) is 10.1 Å². The molecular weight excluding hydrogens is 633 g/mol. The highest BCUT2D eigenvalue weighted by atomic mass is 32.2. The summed E-state index contributed by atoms with van der Waals surface area (Å²) in [4.78, 5) is 29.6.